The van der Waals surface area contributed by atoms with Gasteiger partial charge in [0.2, 0.25) is 15.9 Å². The fourth-order valence-electron chi connectivity index (χ4n) is 3.28. The minimum Gasteiger partial charge on any atom is -0.340 e. The molecule has 1 fully saturated rings. The van der Waals surface area contributed by atoms with Crippen LogP contribution in [0.15, 0.2) is 53.4 Å². The van der Waals surface area contributed by atoms with Gasteiger partial charge < -0.3 is 10.2 Å². The summed E-state index contributed by atoms with van der Waals surface area (Å²) in [4.78, 5) is 14.6. The van der Waals surface area contributed by atoms with Crippen molar-refractivity contribution < 1.29 is 13.2 Å². The number of carbonyl (C=O) groups is 1. The summed E-state index contributed by atoms with van der Waals surface area (Å²) in [5.41, 5.74) is 1.77. The van der Waals surface area contributed by atoms with Crippen molar-refractivity contribution in [1.82, 2.24) is 14.5 Å². The summed E-state index contributed by atoms with van der Waals surface area (Å²) in [5, 5.41) is 3.76. The van der Waals surface area contributed by atoms with Crippen molar-refractivity contribution in [2.75, 3.05) is 32.7 Å². The highest BCUT2D eigenvalue weighted by Crippen LogP contribution is 2.21. The first-order valence-corrected chi connectivity index (χ1v) is 11.5. The molecule has 0 spiro atoms. The molecule has 1 heterocycles. The van der Waals surface area contributed by atoms with Gasteiger partial charge in [0.15, 0.2) is 0 Å². The summed E-state index contributed by atoms with van der Waals surface area (Å²) in [7, 11) is -3.75. The molecule has 156 valence electrons. The number of nitrogens with one attached hydrogen (secondary N) is 1. The quantitative estimate of drug-likeness (QED) is 0.725. The molecular weight excluding hydrogens is 410 g/mol. The Morgan fingerprint density at radius 2 is 1.83 bits per heavy atom. The second kappa shape index (κ2) is 9.71. The molecule has 1 aliphatic rings. The molecule has 0 bridgehead atoms. The largest absolute Gasteiger partial charge is 0.340 e. The molecular formula is C21H26ClN3O3S. The lowest BCUT2D eigenvalue weighted by Crippen LogP contribution is -2.47. The number of hydrogen-bond donors (Lipinski definition) is 1. The Labute approximate surface area is 177 Å². The first kappa shape index (κ1) is 21.8. The molecule has 1 saturated heterocycles. The van der Waals surface area contributed by atoms with E-state index < -0.39 is 10.0 Å². The lowest BCUT2D eigenvalue weighted by atomic mass is 10.2. The molecule has 0 unspecified atom stereocenters. The van der Waals surface area contributed by atoms with Crippen LogP contribution in [0.4, 0.5) is 0 Å². The Balaban J connectivity index is 1.80. The summed E-state index contributed by atoms with van der Waals surface area (Å²) in [6, 6.07) is 13.9. The number of carbonyl (C=O) groups excluding carboxylic acids is 1. The molecule has 1 N–H and O–H groups in total. The van der Waals surface area contributed by atoms with Crippen LogP contribution in [-0.2, 0) is 21.4 Å². The van der Waals surface area contributed by atoms with Crippen molar-refractivity contribution >= 4 is 27.5 Å². The van der Waals surface area contributed by atoms with Crippen LogP contribution in [0.2, 0.25) is 5.02 Å². The number of sulfonamides is 1. The summed E-state index contributed by atoms with van der Waals surface area (Å²) < 4.78 is 27.9. The van der Waals surface area contributed by atoms with Gasteiger partial charge in [0.05, 0.1) is 4.90 Å². The summed E-state index contributed by atoms with van der Waals surface area (Å²) in [6.45, 7) is 5.01. The molecule has 0 aromatic heterocycles. The van der Waals surface area contributed by atoms with Gasteiger partial charge >= 0.3 is 0 Å². The molecule has 0 radical (unpaired) electrons. The molecule has 8 heteroatoms. The monoisotopic (exact) mass is 435 g/mol. The number of piperazine rings is 1. The molecule has 3 rings (SSSR count). The van der Waals surface area contributed by atoms with Gasteiger partial charge in [0.1, 0.15) is 0 Å². The van der Waals surface area contributed by atoms with E-state index in [9.17, 15) is 13.2 Å². The molecule has 1 amide bonds. The maximum atomic E-state index is 13.3. The highest BCUT2D eigenvalue weighted by atomic mass is 35.5. The Morgan fingerprint density at radius 1 is 1.14 bits per heavy atom. The van der Waals surface area contributed by atoms with E-state index in [2.05, 4.69) is 5.32 Å². The van der Waals surface area contributed by atoms with E-state index in [1.807, 2.05) is 13.0 Å². The Morgan fingerprint density at radius 3 is 2.48 bits per heavy atom. The predicted molar refractivity (Wildman–Crippen MR) is 114 cm³/mol. The van der Waals surface area contributed by atoms with Gasteiger partial charge in [0.25, 0.3) is 0 Å². The van der Waals surface area contributed by atoms with Crippen LogP contribution in [0.25, 0.3) is 0 Å². The smallest absolute Gasteiger partial charge is 0.243 e. The van der Waals surface area contributed by atoms with E-state index in [1.165, 1.54) is 4.31 Å². The summed E-state index contributed by atoms with van der Waals surface area (Å²) >= 11 is 6.07. The maximum Gasteiger partial charge on any atom is 0.243 e. The van der Waals surface area contributed by atoms with Crippen LogP contribution >= 0.6 is 11.6 Å². The fraction of sp³-hybridized carbons (Fsp3) is 0.381. The van der Waals surface area contributed by atoms with Gasteiger partial charge in [-0.1, -0.05) is 41.4 Å². The van der Waals surface area contributed by atoms with Crippen LogP contribution in [-0.4, -0.2) is 56.3 Å². The zero-order chi connectivity index (χ0) is 20.9. The third-order valence-electron chi connectivity index (χ3n) is 4.95. The second-order valence-electron chi connectivity index (χ2n) is 7.16. The van der Waals surface area contributed by atoms with Crippen molar-refractivity contribution in [2.45, 2.75) is 24.8 Å². The van der Waals surface area contributed by atoms with Crippen LogP contribution < -0.4 is 5.32 Å². The highest BCUT2D eigenvalue weighted by molar-refractivity contribution is 7.89. The van der Waals surface area contributed by atoms with Crippen LogP contribution in [0.1, 0.15) is 17.5 Å². The number of aryl methyl sites for hydroxylation is 1. The predicted octanol–water partition coefficient (Wildman–Crippen LogP) is 2.66. The van der Waals surface area contributed by atoms with Gasteiger partial charge in [-0.3, -0.25) is 4.79 Å². The normalized spacial score (nSPS) is 14.9. The van der Waals surface area contributed by atoms with E-state index in [4.69, 9.17) is 11.6 Å². The minimum absolute atomic E-state index is 0.0262. The van der Waals surface area contributed by atoms with Crippen molar-refractivity contribution in [3.8, 4) is 0 Å². The fourth-order valence-corrected chi connectivity index (χ4v) is 4.92. The maximum absolute atomic E-state index is 13.3. The topological polar surface area (TPSA) is 69.7 Å². The number of nitrogens with zero attached hydrogens (tertiary/aromatic N) is 2. The van der Waals surface area contributed by atoms with Crippen molar-refractivity contribution in [3.05, 3.63) is 64.7 Å². The number of benzene rings is 2. The SMILES string of the molecule is Cc1ccc(S(=O)(=O)N(CCC(=O)N2CCNCC2)Cc2cccc(Cl)c2)cc1. The van der Waals surface area contributed by atoms with Crippen molar-refractivity contribution in [2.24, 2.45) is 0 Å². The van der Waals surface area contributed by atoms with Crippen molar-refractivity contribution in [3.63, 3.8) is 0 Å². The van der Waals surface area contributed by atoms with E-state index in [1.54, 1.807) is 47.4 Å². The standard InChI is InChI=1S/C21H26ClN3O3S/c1-17-5-7-20(8-6-17)29(27,28)25(16-18-3-2-4-19(22)15-18)12-9-21(26)24-13-10-23-11-14-24/h2-8,15,23H,9-14,16H2,1H3. The first-order chi connectivity index (χ1) is 13.9. The Bertz CT molecular complexity index is 942. The Hall–Kier alpha value is -1.93. The molecule has 29 heavy (non-hydrogen) atoms. The average Bonchev–Trinajstić information content (AvgIpc) is 2.71. The van der Waals surface area contributed by atoms with Gasteiger partial charge in [-0.25, -0.2) is 8.42 Å². The van der Waals surface area contributed by atoms with Crippen molar-refractivity contribution in [1.29, 1.82) is 0 Å². The third-order valence-corrected chi connectivity index (χ3v) is 7.05. The van der Waals surface area contributed by atoms with Gasteiger partial charge in [-0.15, -0.1) is 0 Å². The summed E-state index contributed by atoms with van der Waals surface area (Å²) in [5.74, 6) is -0.0262. The van der Waals surface area contributed by atoms with Crippen LogP contribution in [0.3, 0.4) is 0 Å². The van der Waals surface area contributed by atoms with Gasteiger partial charge in [0, 0.05) is 50.7 Å². The van der Waals surface area contributed by atoms with E-state index in [0.29, 0.717) is 18.1 Å². The molecule has 1 aliphatic heterocycles. The molecule has 0 atom stereocenters. The zero-order valence-electron chi connectivity index (χ0n) is 16.5. The molecule has 0 saturated carbocycles. The lowest BCUT2D eigenvalue weighted by molar-refractivity contribution is -0.131. The van der Waals surface area contributed by atoms with Gasteiger partial charge in [-0.2, -0.15) is 4.31 Å². The molecule has 0 aliphatic carbocycles. The van der Waals surface area contributed by atoms with Crippen LogP contribution in [0, 0.1) is 6.92 Å². The average molecular weight is 436 g/mol. The highest BCUT2D eigenvalue weighted by Gasteiger charge is 2.26. The third kappa shape index (κ3) is 5.79. The number of halogens is 1. The number of hydrogen-bond acceptors (Lipinski definition) is 4. The van der Waals surface area contributed by atoms with E-state index in [-0.39, 0.29) is 30.3 Å². The number of amides is 1. The summed E-state index contributed by atoms with van der Waals surface area (Å²) in [6.07, 6.45) is 0.145. The molecule has 2 aromatic carbocycles. The second-order valence-corrected chi connectivity index (χ2v) is 9.54. The zero-order valence-corrected chi connectivity index (χ0v) is 18.0. The van der Waals surface area contributed by atoms with Crippen LogP contribution in [0.5, 0.6) is 0 Å². The van der Waals surface area contributed by atoms with Gasteiger partial charge in [-0.05, 0) is 36.8 Å². The van der Waals surface area contributed by atoms with E-state index in [0.717, 1.165) is 24.2 Å². The molecule has 2 aromatic rings. The first-order valence-electron chi connectivity index (χ1n) is 9.66. The van der Waals surface area contributed by atoms with E-state index >= 15 is 0 Å². The minimum atomic E-state index is -3.75. The lowest BCUT2D eigenvalue weighted by Gasteiger charge is -2.29. The number of rotatable bonds is 7. The Kier molecular flexibility index (Phi) is 7.29. The molecule has 6 nitrogen and oxygen atoms in total.